The molecule has 8 aromatic rings. The number of fused-ring (bicyclic) bond motifs is 6. The molecule has 2 heterocycles. The van der Waals surface area contributed by atoms with E-state index < -0.39 is 138 Å². The Balaban J connectivity index is 1.71. The fraction of sp³-hybridized carbons (Fsp3) is 0. The maximum Gasteiger partial charge on any atom is 0.0782 e. The fourth-order valence-corrected chi connectivity index (χ4v) is 4.81. The lowest BCUT2D eigenvalue weighted by atomic mass is 10.1. The summed E-state index contributed by atoms with van der Waals surface area (Å²) in [5.41, 5.74) is -2.09. The van der Waals surface area contributed by atoms with Gasteiger partial charge in [0.15, 0.2) is 0 Å². The zero-order chi connectivity index (χ0) is 42.5. The van der Waals surface area contributed by atoms with E-state index in [4.69, 9.17) is 26.0 Å². The van der Waals surface area contributed by atoms with Gasteiger partial charge in [0.2, 0.25) is 0 Å². The number of para-hydroxylation sites is 4. The third kappa shape index (κ3) is 3.01. The first kappa shape index (κ1) is 9.34. The standard InChI is InChI=1S/C36H24N2/c1-2-12-25(13-3-1)26-14-10-15-27(24-26)37-32-20-7-6-18-30(32)31-19-11-23-35(36(31)37)38-33-21-8-4-16-28(33)29-17-5-9-22-34(29)38/h1-24H/i1D,2D,3D,4D,5D,6D,7D,8D,9D,11D,12D,13D,16D,17D,18D,19D,20D,21D,22D,23D. The topological polar surface area (TPSA) is 9.86 Å². The summed E-state index contributed by atoms with van der Waals surface area (Å²) >= 11 is 0. The van der Waals surface area contributed by atoms with Gasteiger partial charge in [0, 0.05) is 27.2 Å². The number of benzene rings is 6. The van der Waals surface area contributed by atoms with E-state index >= 15 is 0 Å². The summed E-state index contributed by atoms with van der Waals surface area (Å²) in [6.07, 6.45) is 0. The molecule has 0 aliphatic carbocycles. The first-order chi connectivity index (χ1) is 27.2. The smallest absolute Gasteiger partial charge is 0.0782 e. The molecule has 0 saturated heterocycles. The van der Waals surface area contributed by atoms with Gasteiger partial charge in [-0.1, -0.05) is 109 Å². The largest absolute Gasteiger partial charge is 0.307 e. The molecule has 2 heteroatoms. The van der Waals surface area contributed by atoms with Crippen LogP contribution < -0.4 is 0 Å². The lowest BCUT2D eigenvalue weighted by molar-refractivity contribution is 1.13. The molecule has 8 rings (SSSR count). The summed E-state index contributed by atoms with van der Waals surface area (Å²) in [6.45, 7) is 0. The van der Waals surface area contributed by atoms with Crippen molar-refractivity contribution >= 4 is 43.6 Å². The number of rotatable bonds is 3. The van der Waals surface area contributed by atoms with Crippen molar-refractivity contribution in [1.82, 2.24) is 9.13 Å². The normalized spacial score (nSPS) is 19.1. The Hall–Kier alpha value is -5.08. The lowest BCUT2D eigenvalue weighted by Crippen LogP contribution is -2.00. The van der Waals surface area contributed by atoms with Gasteiger partial charge in [-0.2, -0.15) is 0 Å². The zero-order valence-corrected chi connectivity index (χ0v) is 19.2. The van der Waals surface area contributed by atoms with E-state index in [1.54, 1.807) is 0 Å². The molecule has 0 aliphatic rings. The number of aromatic nitrogens is 2. The van der Waals surface area contributed by atoms with Gasteiger partial charge in [-0.15, -0.1) is 0 Å². The molecule has 2 aromatic heterocycles. The van der Waals surface area contributed by atoms with Crippen LogP contribution >= 0.6 is 0 Å². The van der Waals surface area contributed by atoms with E-state index in [0.29, 0.717) is 0 Å². The van der Waals surface area contributed by atoms with Crippen molar-refractivity contribution in [2.24, 2.45) is 0 Å². The molecule has 0 saturated carbocycles. The van der Waals surface area contributed by atoms with Crippen LogP contribution in [0, 0.1) is 0 Å². The van der Waals surface area contributed by atoms with Crippen molar-refractivity contribution in [3.63, 3.8) is 0 Å². The Bertz CT molecular complexity index is 3130. The van der Waals surface area contributed by atoms with Crippen LogP contribution in [0.2, 0.25) is 0 Å². The predicted molar refractivity (Wildman–Crippen MR) is 161 cm³/mol. The molecule has 0 radical (unpaired) electrons. The van der Waals surface area contributed by atoms with Crippen molar-refractivity contribution in [2.75, 3.05) is 0 Å². The van der Waals surface area contributed by atoms with Crippen LogP contribution in [0.5, 0.6) is 0 Å². The van der Waals surface area contributed by atoms with Gasteiger partial charge < -0.3 is 9.13 Å². The van der Waals surface area contributed by atoms with E-state index in [0.717, 1.165) is 4.57 Å². The van der Waals surface area contributed by atoms with Crippen molar-refractivity contribution in [3.8, 4) is 22.5 Å². The molecule has 6 aromatic carbocycles. The molecule has 38 heavy (non-hydrogen) atoms. The summed E-state index contributed by atoms with van der Waals surface area (Å²) in [6, 6.07) is -8.13. The van der Waals surface area contributed by atoms with Gasteiger partial charge in [0.1, 0.15) is 0 Å². The van der Waals surface area contributed by atoms with Crippen LogP contribution in [0.15, 0.2) is 145 Å². The molecule has 0 atom stereocenters. The SMILES string of the molecule is [2H]c1c([2H])c([2H])c(-c2cccc(-n3c4c([2H])c([2H])c([2H])c([2H])c4c4c([2H])c([2H])c([2H])c(-n5c6c([2H])c([2H])c([2H])c([2H])c6c6c([2H])c([2H])c([2H])c([2H])c65)c43)c2)c([2H])c1[2H]. The van der Waals surface area contributed by atoms with Crippen LogP contribution in [0.25, 0.3) is 66.1 Å². The van der Waals surface area contributed by atoms with Gasteiger partial charge in [0.05, 0.1) is 55.2 Å². The van der Waals surface area contributed by atoms with Crippen LogP contribution in [-0.4, -0.2) is 9.13 Å². The number of nitrogens with zero attached hydrogens (tertiary/aromatic N) is 2. The highest BCUT2D eigenvalue weighted by atomic mass is 15.1. The molecule has 178 valence electrons. The van der Waals surface area contributed by atoms with Crippen LogP contribution in [0.4, 0.5) is 0 Å². The molecule has 0 spiro atoms. The monoisotopic (exact) mass is 504 g/mol. The van der Waals surface area contributed by atoms with E-state index in [9.17, 15) is 1.37 Å². The molecule has 0 amide bonds. The first-order valence-electron chi connectivity index (χ1n) is 21.4. The van der Waals surface area contributed by atoms with Gasteiger partial charge in [-0.25, -0.2) is 0 Å². The average Bonchev–Trinajstić information content (AvgIpc) is 3.75. The molecule has 0 aliphatic heterocycles. The predicted octanol–water partition coefficient (Wildman–Crippen LogP) is 9.55. The fourth-order valence-electron chi connectivity index (χ4n) is 4.81. The summed E-state index contributed by atoms with van der Waals surface area (Å²) in [7, 11) is 0. The minimum Gasteiger partial charge on any atom is -0.307 e. The lowest BCUT2D eigenvalue weighted by Gasteiger charge is -2.15. The number of hydrogen-bond acceptors (Lipinski definition) is 0. The van der Waals surface area contributed by atoms with Crippen molar-refractivity contribution in [1.29, 1.82) is 0 Å². The maximum atomic E-state index is 9.41. The Labute approximate surface area is 248 Å². The van der Waals surface area contributed by atoms with Crippen LogP contribution in [0.1, 0.15) is 27.4 Å². The van der Waals surface area contributed by atoms with Crippen LogP contribution in [0.3, 0.4) is 0 Å². The molecular formula is C36H24N2. The minimum atomic E-state index is -0.793. The third-order valence-corrected chi connectivity index (χ3v) is 6.34. The number of hydrogen-bond donors (Lipinski definition) is 0. The van der Waals surface area contributed by atoms with Gasteiger partial charge >= 0.3 is 0 Å². The molecule has 0 bridgehead atoms. The highest BCUT2D eigenvalue weighted by Crippen LogP contribution is 2.39. The first-order valence-corrected chi connectivity index (χ1v) is 11.4. The second-order valence-corrected chi connectivity index (χ2v) is 8.34. The van der Waals surface area contributed by atoms with E-state index in [-0.39, 0.29) is 49.4 Å². The Morgan fingerprint density at radius 1 is 0.447 bits per heavy atom. The Morgan fingerprint density at radius 3 is 1.68 bits per heavy atom. The zero-order valence-electron chi connectivity index (χ0n) is 39.2. The quantitative estimate of drug-likeness (QED) is 0.227. The highest BCUT2D eigenvalue weighted by molar-refractivity contribution is 6.15. The van der Waals surface area contributed by atoms with Crippen molar-refractivity contribution < 1.29 is 27.4 Å². The van der Waals surface area contributed by atoms with Gasteiger partial charge in [-0.3, -0.25) is 0 Å². The second kappa shape index (κ2) is 8.22. The Kier molecular flexibility index (Phi) is 2.02. The van der Waals surface area contributed by atoms with Crippen molar-refractivity contribution in [3.05, 3.63) is 145 Å². The van der Waals surface area contributed by atoms with E-state index in [1.165, 1.54) is 28.8 Å². The summed E-state index contributed by atoms with van der Waals surface area (Å²) in [5.74, 6) is 0. The molecule has 2 nitrogen and oxygen atoms in total. The molecular weight excluding hydrogens is 460 g/mol. The van der Waals surface area contributed by atoms with E-state index in [1.807, 2.05) is 0 Å². The highest BCUT2D eigenvalue weighted by Gasteiger charge is 2.19. The second-order valence-electron chi connectivity index (χ2n) is 8.34. The maximum absolute atomic E-state index is 9.41. The average molecular weight is 505 g/mol. The third-order valence-electron chi connectivity index (χ3n) is 6.34. The Morgan fingerprint density at radius 2 is 1.00 bits per heavy atom. The minimum absolute atomic E-state index is 0.00306. The summed E-state index contributed by atoms with van der Waals surface area (Å²) < 4.78 is 177. The van der Waals surface area contributed by atoms with Gasteiger partial charge in [-0.05, 0) is 47.4 Å². The van der Waals surface area contributed by atoms with Crippen molar-refractivity contribution in [2.45, 2.75) is 0 Å². The molecule has 0 unspecified atom stereocenters. The van der Waals surface area contributed by atoms with Crippen LogP contribution in [-0.2, 0) is 0 Å². The molecule has 0 fully saturated rings. The van der Waals surface area contributed by atoms with E-state index in [2.05, 4.69) is 0 Å². The molecule has 0 N–H and O–H groups in total. The summed E-state index contributed by atoms with van der Waals surface area (Å²) in [4.78, 5) is 0. The van der Waals surface area contributed by atoms with Gasteiger partial charge in [0.25, 0.3) is 0 Å². The summed E-state index contributed by atoms with van der Waals surface area (Å²) in [5, 5.41) is -1.31.